The zero-order valence-corrected chi connectivity index (χ0v) is 16.3. The van der Waals surface area contributed by atoms with Crippen LogP contribution in [0, 0.1) is 0 Å². The molecule has 0 radical (unpaired) electrons. The molecule has 0 spiro atoms. The highest BCUT2D eigenvalue weighted by Crippen LogP contribution is 2.25. The van der Waals surface area contributed by atoms with Gasteiger partial charge in [-0.1, -0.05) is 12.1 Å². The summed E-state index contributed by atoms with van der Waals surface area (Å²) in [5.74, 6) is 0.145. The SMILES string of the molecule is CSc1ccccc1NC(=O)[C@@H](C)N1CCN(CC(=O)NC2CC2)CC1. The number of para-hydroxylation sites is 1. The Morgan fingerprint density at radius 2 is 1.88 bits per heavy atom. The number of hydrogen-bond acceptors (Lipinski definition) is 5. The van der Waals surface area contributed by atoms with Gasteiger partial charge in [0.2, 0.25) is 11.8 Å². The molecule has 0 unspecified atom stereocenters. The van der Waals surface area contributed by atoms with Crippen LogP contribution in [-0.2, 0) is 9.59 Å². The number of nitrogens with one attached hydrogen (secondary N) is 2. The number of hydrogen-bond donors (Lipinski definition) is 2. The van der Waals surface area contributed by atoms with E-state index in [9.17, 15) is 9.59 Å². The van der Waals surface area contributed by atoms with Crippen LogP contribution in [0.2, 0.25) is 0 Å². The van der Waals surface area contributed by atoms with E-state index < -0.39 is 0 Å². The lowest BCUT2D eigenvalue weighted by Gasteiger charge is -2.37. The van der Waals surface area contributed by atoms with Crippen molar-refractivity contribution in [3.05, 3.63) is 24.3 Å². The molecule has 1 atom stereocenters. The molecule has 7 heteroatoms. The van der Waals surface area contributed by atoms with Crippen LogP contribution in [0.25, 0.3) is 0 Å². The normalized spacial score (nSPS) is 19.8. The summed E-state index contributed by atoms with van der Waals surface area (Å²) in [5.41, 5.74) is 0.868. The molecular formula is C19H28N4O2S. The predicted octanol–water partition coefficient (Wildman–Crippen LogP) is 1.63. The fraction of sp³-hybridized carbons (Fsp3) is 0.579. The number of carbonyl (C=O) groups excluding carboxylic acids is 2. The van der Waals surface area contributed by atoms with Crippen molar-refractivity contribution in [3.63, 3.8) is 0 Å². The van der Waals surface area contributed by atoms with Crippen LogP contribution in [0.5, 0.6) is 0 Å². The van der Waals surface area contributed by atoms with Gasteiger partial charge in [0, 0.05) is 37.1 Å². The lowest BCUT2D eigenvalue weighted by molar-refractivity contribution is -0.124. The van der Waals surface area contributed by atoms with Crippen molar-refractivity contribution < 1.29 is 9.59 Å². The van der Waals surface area contributed by atoms with Gasteiger partial charge in [0.1, 0.15) is 0 Å². The molecule has 2 amide bonds. The number of nitrogens with zero attached hydrogens (tertiary/aromatic N) is 2. The number of thioether (sulfide) groups is 1. The molecule has 1 saturated carbocycles. The maximum Gasteiger partial charge on any atom is 0.241 e. The minimum atomic E-state index is -0.188. The van der Waals surface area contributed by atoms with Crippen molar-refractivity contribution in [3.8, 4) is 0 Å². The minimum Gasteiger partial charge on any atom is -0.352 e. The zero-order chi connectivity index (χ0) is 18.5. The van der Waals surface area contributed by atoms with Gasteiger partial charge in [-0.15, -0.1) is 11.8 Å². The van der Waals surface area contributed by atoms with Crippen molar-refractivity contribution in [2.45, 2.75) is 36.7 Å². The molecule has 2 fully saturated rings. The standard InChI is InChI=1S/C19H28N4O2S/c1-14(19(25)21-16-5-3-4-6-17(16)26-2)23-11-9-22(10-12-23)13-18(24)20-15-7-8-15/h3-6,14-15H,7-13H2,1-2H3,(H,20,24)(H,21,25)/t14-/m1/s1. The van der Waals surface area contributed by atoms with E-state index in [1.165, 1.54) is 0 Å². The predicted molar refractivity (Wildman–Crippen MR) is 105 cm³/mol. The van der Waals surface area contributed by atoms with Gasteiger partial charge in [-0.25, -0.2) is 0 Å². The van der Waals surface area contributed by atoms with E-state index in [1.54, 1.807) is 11.8 Å². The smallest absolute Gasteiger partial charge is 0.241 e. The molecule has 2 N–H and O–H groups in total. The van der Waals surface area contributed by atoms with Gasteiger partial charge >= 0.3 is 0 Å². The topological polar surface area (TPSA) is 64.7 Å². The maximum absolute atomic E-state index is 12.6. The fourth-order valence-electron chi connectivity index (χ4n) is 3.16. The molecule has 1 aromatic rings. The molecule has 1 aliphatic carbocycles. The molecule has 2 aliphatic rings. The zero-order valence-electron chi connectivity index (χ0n) is 15.5. The Morgan fingerprint density at radius 1 is 1.19 bits per heavy atom. The number of piperazine rings is 1. The van der Waals surface area contributed by atoms with Crippen LogP contribution in [0.1, 0.15) is 19.8 Å². The number of amides is 2. The first kappa shape index (κ1) is 19.2. The quantitative estimate of drug-likeness (QED) is 0.708. The first-order chi connectivity index (χ1) is 12.6. The van der Waals surface area contributed by atoms with E-state index in [4.69, 9.17) is 0 Å². The second-order valence-electron chi connectivity index (χ2n) is 7.02. The lowest BCUT2D eigenvalue weighted by atomic mass is 10.2. The summed E-state index contributed by atoms with van der Waals surface area (Å²) in [5, 5.41) is 6.08. The van der Waals surface area contributed by atoms with Gasteiger partial charge < -0.3 is 10.6 Å². The van der Waals surface area contributed by atoms with E-state index in [1.807, 2.05) is 37.4 Å². The third-order valence-corrected chi connectivity index (χ3v) is 5.80. The van der Waals surface area contributed by atoms with E-state index in [-0.39, 0.29) is 17.9 Å². The van der Waals surface area contributed by atoms with Gasteiger partial charge in [-0.3, -0.25) is 19.4 Å². The van der Waals surface area contributed by atoms with E-state index in [0.717, 1.165) is 49.6 Å². The molecule has 1 heterocycles. The van der Waals surface area contributed by atoms with Crippen LogP contribution in [0.4, 0.5) is 5.69 Å². The van der Waals surface area contributed by atoms with Crippen LogP contribution < -0.4 is 10.6 Å². The van der Waals surface area contributed by atoms with Crippen LogP contribution >= 0.6 is 11.8 Å². The number of benzene rings is 1. The van der Waals surface area contributed by atoms with E-state index in [2.05, 4.69) is 20.4 Å². The van der Waals surface area contributed by atoms with Crippen LogP contribution in [0.3, 0.4) is 0 Å². The van der Waals surface area contributed by atoms with Crippen molar-refractivity contribution in [2.24, 2.45) is 0 Å². The molecule has 1 aliphatic heterocycles. The molecule has 6 nitrogen and oxygen atoms in total. The lowest BCUT2D eigenvalue weighted by Crippen LogP contribution is -2.54. The van der Waals surface area contributed by atoms with Crippen LogP contribution in [-0.4, -0.2) is 72.7 Å². The Balaban J connectivity index is 1.45. The Morgan fingerprint density at radius 3 is 2.54 bits per heavy atom. The largest absolute Gasteiger partial charge is 0.352 e. The van der Waals surface area contributed by atoms with E-state index in [0.29, 0.717) is 12.6 Å². The number of anilines is 1. The first-order valence-corrected chi connectivity index (χ1v) is 10.5. The van der Waals surface area contributed by atoms with Gasteiger partial charge in [0.25, 0.3) is 0 Å². The molecule has 142 valence electrons. The molecule has 1 aromatic carbocycles. The number of rotatable bonds is 7. The highest BCUT2D eigenvalue weighted by Gasteiger charge is 2.28. The van der Waals surface area contributed by atoms with Crippen LogP contribution in [0.15, 0.2) is 29.2 Å². The van der Waals surface area contributed by atoms with Crippen molar-refractivity contribution in [1.29, 1.82) is 0 Å². The molecule has 26 heavy (non-hydrogen) atoms. The number of carbonyl (C=O) groups is 2. The highest BCUT2D eigenvalue weighted by atomic mass is 32.2. The molecular weight excluding hydrogens is 348 g/mol. The molecule has 3 rings (SSSR count). The third-order valence-electron chi connectivity index (χ3n) is 5.01. The van der Waals surface area contributed by atoms with Gasteiger partial charge in [-0.05, 0) is 38.2 Å². The van der Waals surface area contributed by atoms with Gasteiger partial charge in [0.05, 0.1) is 18.3 Å². The average molecular weight is 377 g/mol. The average Bonchev–Trinajstić information content (AvgIpc) is 3.46. The monoisotopic (exact) mass is 376 g/mol. The Labute approximate surface area is 159 Å². The summed E-state index contributed by atoms with van der Waals surface area (Å²) in [4.78, 5) is 30.0. The summed E-state index contributed by atoms with van der Waals surface area (Å²) < 4.78 is 0. The van der Waals surface area contributed by atoms with E-state index >= 15 is 0 Å². The molecule has 0 aromatic heterocycles. The van der Waals surface area contributed by atoms with Gasteiger partial charge in [0.15, 0.2) is 0 Å². The summed E-state index contributed by atoms with van der Waals surface area (Å²) >= 11 is 1.63. The second kappa shape index (κ2) is 8.88. The first-order valence-electron chi connectivity index (χ1n) is 9.26. The summed E-state index contributed by atoms with van der Waals surface area (Å²) in [6.07, 6.45) is 4.24. The molecule has 0 bridgehead atoms. The Kier molecular flexibility index (Phi) is 6.56. The van der Waals surface area contributed by atoms with Crippen molar-refractivity contribution in [1.82, 2.24) is 15.1 Å². The Bertz CT molecular complexity index is 642. The second-order valence-corrected chi connectivity index (χ2v) is 7.87. The minimum absolute atomic E-state index is 0.0198. The molecule has 1 saturated heterocycles. The fourth-order valence-corrected chi connectivity index (χ4v) is 3.72. The summed E-state index contributed by atoms with van der Waals surface area (Å²) in [7, 11) is 0. The third kappa shape index (κ3) is 5.22. The van der Waals surface area contributed by atoms with Crippen molar-refractivity contribution >= 4 is 29.3 Å². The summed E-state index contributed by atoms with van der Waals surface area (Å²) in [6, 6.07) is 8.09. The van der Waals surface area contributed by atoms with Gasteiger partial charge in [-0.2, -0.15) is 0 Å². The van der Waals surface area contributed by atoms with Crippen molar-refractivity contribution in [2.75, 3.05) is 44.3 Å². The summed E-state index contributed by atoms with van der Waals surface area (Å²) in [6.45, 7) is 5.65. The highest BCUT2D eigenvalue weighted by molar-refractivity contribution is 7.98. The maximum atomic E-state index is 12.6. The Hall–Kier alpha value is -1.57.